The van der Waals surface area contributed by atoms with Crippen molar-refractivity contribution in [3.8, 4) is 5.75 Å². The van der Waals surface area contributed by atoms with Crippen molar-refractivity contribution in [1.82, 2.24) is 4.98 Å². The van der Waals surface area contributed by atoms with E-state index in [1.807, 2.05) is 24.3 Å². The molecule has 6 aromatic rings. The van der Waals surface area contributed by atoms with Gasteiger partial charge in [-0.15, -0.1) is 0 Å². The Morgan fingerprint density at radius 1 is 0.706 bits per heavy atom. The molecular weight excluding hydrogens is 416 g/mol. The number of hydrogen-bond donors (Lipinski definition) is 3. The molecule has 5 aromatic carbocycles. The molecule has 1 aliphatic rings. The van der Waals surface area contributed by atoms with Crippen LogP contribution in [0.15, 0.2) is 91.0 Å². The molecule has 168 valence electrons. The molecule has 3 heteroatoms. The Kier molecular flexibility index (Phi) is 5.00. The van der Waals surface area contributed by atoms with E-state index in [4.69, 9.17) is 5.73 Å². The van der Waals surface area contributed by atoms with Crippen molar-refractivity contribution in [2.45, 2.75) is 25.8 Å². The first-order valence-electron chi connectivity index (χ1n) is 12.0. The molecule has 0 fully saturated rings. The lowest BCUT2D eigenvalue weighted by atomic mass is 9.79. The van der Waals surface area contributed by atoms with Gasteiger partial charge in [0.1, 0.15) is 5.75 Å². The molecule has 1 aliphatic carbocycles. The van der Waals surface area contributed by atoms with Crippen LogP contribution in [0.1, 0.15) is 30.5 Å². The molecule has 0 amide bonds. The van der Waals surface area contributed by atoms with Crippen LogP contribution in [0.25, 0.3) is 43.4 Å². The van der Waals surface area contributed by atoms with E-state index >= 15 is 0 Å². The first-order valence-corrected chi connectivity index (χ1v) is 12.0. The number of aromatic hydroxyl groups is 1. The minimum atomic E-state index is 0.113. The fourth-order valence-corrected chi connectivity index (χ4v) is 5.60. The van der Waals surface area contributed by atoms with Crippen LogP contribution >= 0.6 is 0 Å². The molecule has 1 heterocycles. The number of phenols is 1. The second-order valence-corrected chi connectivity index (χ2v) is 9.54. The summed E-state index contributed by atoms with van der Waals surface area (Å²) >= 11 is 0. The summed E-state index contributed by atoms with van der Waals surface area (Å²) in [6.45, 7) is 2.25. The summed E-state index contributed by atoms with van der Waals surface area (Å²) in [5, 5.41) is 17.4. The SMILES string of the molecule is CC1Cc2c(ccc3c2cc(O)c2ccccc23)C(N)C1.c1ccc2c(c1)[nH]c1ccccc12. The van der Waals surface area contributed by atoms with Crippen molar-refractivity contribution >= 4 is 43.4 Å². The second kappa shape index (κ2) is 8.19. The van der Waals surface area contributed by atoms with Gasteiger partial charge in [0, 0.05) is 33.2 Å². The van der Waals surface area contributed by atoms with Crippen molar-refractivity contribution in [3.63, 3.8) is 0 Å². The van der Waals surface area contributed by atoms with Crippen LogP contribution in [-0.4, -0.2) is 10.1 Å². The van der Waals surface area contributed by atoms with Gasteiger partial charge in [-0.3, -0.25) is 0 Å². The van der Waals surface area contributed by atoms with Gasteiger partial charge in [0.05, 0.1) is 0 Å². The summed E-state index contributed by atoms with van der Waals surface area (Å²) in [6.07, 6.45) is 2.08. The molecule has 0 aliphatic heterocycles. The number of phenolic OH excluding ortho intramolecular Hbond substituents is 1. The smallest absolute Gasteiger partial charge is 0.124 e. The molecule has 34 heavy (non-hydrogen) atoms. The number of benzene rings is 5. The number of hydrogen-bond acceptors (Lipinski definition) is 2. The van der Waals surface area contributed by atoms with Gasteiger partial charge in [0.25, 0.3) is 0 Å². The van der Waals surface area contributed by atoms with Gasteiger partial charge in [0.2, 0.25) is 0 Å². The molecule has 2 atom stereocenters. The van der Waals surface area contributed by atoms with Gasteiger partial charge in [-0.25, -0.2) is 0 Å². The first-order chi connectivity index (χ1) is 16.6. The Bertz CT molecular complexity index is 1610. The van der Waals surface area contributed by atoms with E-state index in [-0.39, 0.29) is 6.04 Å². The van der Waals surface area contributed by atoms with E-state index in [1.54, 1.807) is 0 Å². The van der Waals surface area contributed by atoms with Crippen LogP contribution in [0.3, 0.4) is 0 Å². The van der Waals surface area contributed by atoms with Gasteiger partial charge in [-0.05, 0) is 64.2 Å². The minimum absolute atomic E-state index is 0.113. The normalized spacial score (nSPS) is 17.6. The third-order valence-corrected chi connectivity index (χ3v) is 7.19. The Morgan fingerprint density at radius 3 is 1.94 bits per heavy atom. The Hall–Kier alpha value is -3.82. The lowest BCUT2D eigenvalue weighted by molar-refractivity contribution is 0.441. The zero-order valence-corrected chi connectivity index (χ0v) is 19.3. The molecule has 0 saturated heterocycles. The van der Waals surface area contributed by atoms with Gasteiger partial charge >= 0.3 is 0 Å². The quantitative estimate of drug-likeness (QED) is 0.211. The summed E-state index contributed by atoms with van der Waals surface area (Å²) < 4.78 is 0. The highest BCUT2D eigenvalue weighted by Gasteiger charge is 2.24. The van der Waals surface area contributed by atoms with Crippen molar-refractivity contribution < 1.29 is 5.11 Å². The molecule has 7 rings (SSSR count). The fourth-order valence-electron chi connectivity index (χ4n) is 5.60. The average molecular weight is 445 g/mol. The standard InChI is InChI=1S/C19H19NO.C12H9N/c1-11-8-16-14(18(20)9-11)7-6-13-12-4-2-3-5-15(12)19(21)10-17(13)16;1-3-7-11-9(5-1)10-6-2-4-8-12(10)13-11/h2-7,10-11,18,21H,8-9,20H2,1H3;1-8,13H. The maximum absolute atomic E-state index is 10.4. The Balaban J connectivity index is 0.000000143. The van der Waals surface area contributed by atoms with E-state index in [9.17, 15) is 5.11 Å². The summed E-state index contributed by atoms with van der Waals surface area (Å²) in [4.78, 5) is 3.38. The molecule has 3 nitrogen and oxygen atoms in total. The number of aromatic amines is 1. The van der Waals surface area contributed by atoms with E-state index < -0.39 is 0 Å². The number of para-hydroxylation sites is 2. The number of nitrogens with two attached hydrogens (primary N) is 1. The Morgan fingerprint density at radius 2 is 1.26 bits per heavy atom. The molecule has 2 unspecified atom stereocenters. The lowest BCUT2D eigenvalue weighted by Crippen LogP contribution is -2.22. The van der Waals surface area contributed by atoms with Crippen LogP contribution < -0.4 is 5.73 Å². The van der Waals surface area contributed by atoms with Gasteiger partial charge < -0.3 is 15.8 Å². The van der Waals surface area contributed by atoms with Gasteiger partial charge in [-0.2, -0.15) is 0 Å². The highest BCUT2D eigenvalue weighted by Crippen LogP contribution is 2.40. The summed E-state index contributed by atoms with van der Waals surface area (Å²) in [7, 11) is 0. The number of rotatable bonds is 0. The molecule has 0 spiro atoms. The molecular formula is C31H28N2O. The van der Waals surface area contributed by atoms with E-state index in [2.05, 4.69) is 78.6 Å². The predicted octanol–water partition coefficient (Wildman–Crippen LogP) is 7.60. The maximum Gasteiger partial charge on any atom is 0.124 e. The highest BCUT2D eigenvalue weighted by molar-refractivity contribution is 6.11. The van der Waals surface area contributed by atoms with Crippen molar-refractivity contribution in [1.29, 1.82) is 0 Å². The molecule has 0 saturated carbocycles. The molecule has 1 aromatic heterocycles. The summed E-state index contributed by atoms with van der Waals surface area (Å²) in [5.74, 6) is 0.949. The van der Waals surface area contributed by atoms with E-state index in [0.29, 0.717) is 11.7 Å². The third kappa shape index (κ3) is 3.41. The zero-order chi connectivity index (χ0) is 23.2. The molecule has 4 N–H and O–H groups in total. The van der Waals surface area contributed by atoms with Crippen LogP contribution in [0, 0.1) is 5.92 Å². The predicted molar refractivity (Wildman–Crippen MR) is 143 cm³/mol. The highest BCUT2D eigenvalue weighted by atomic mass is 16.3. The van der Waals surface area contributed by atoms with E-state index in [0.717, 1.165) is 29.0 Å². The number of aromatic nitrogens is 1. The van der Waals surface area contributed by atoms with E-state index in [1.165, 1.54) is 38.3 Å². The van der Waals surface area contributed by atoms with Crippen molar-refractivity contribution in [2.75, 3.05) is 0 Å². The van der Waals surface area contributed by atoms with Gasteiger partial charge in [-0.1, -0.05) is 79.7 Å². The Labute approximate surface area is 198 Å². The largest absolute Gasteiger partial charge is 0.507 e. The third-order valence-electron chi connectivity index (χ3n) is 7.19. The first kappa shape index (κ1) is 20.8. The van der Waals surface area contributed by atoms with Crippen LogP contribution in [-0.2, 0) is 6.42 Å². The average Bonchev–Trinajstić information content (AvgIpc) is 3.23. The van der Waals surface area contributed by atoms with Crippen LogP contribution in [0.5, 0.6) is 5.75 Å². The number of nitrogens with one attached hydrogen (secondary N) is 1. The number of fused-ring (bicyclic) bond motifs is 8. The minimum Gasteiger partial charge on any atom is -0.507 e. The van der Waals surface area contributed by atoms with Crippen molar-refractivity contribution in [2.24, 2.45) is 11.7 Å². The monoisotopic (exact) mass is 444 g/mol. The van der Waals surface area contributed by atoms with Crippen LogP contribution in [0.4, 0.5) is 0 Å². The lowest BCUT2D eigenvalue weighted by Gasteiger charge is -2.28. The summed E-state index contributed by atoms with van der Waals surface area (Å²) in [6, 6.07) is 31.2. The van der Waals surface area contributed by atoms with Crippen molar-refractivity contribution in [3.05, 3.63) is 102 Å². The molecule has 0 bridgehead atoms. The fraction of sp³-hybridized carbons (Fsp3) is 0.161. The second-order valence-electron chi connectivity index (χ2n) is 9.54. The maximum atomic E-state index is 10.4. The topological polar surface area (TPSA) is 62.0 Å². The van der Waals surface area contributed by atoms with Gasteiger partial charge in [0.15, 0.2) is 0 Å². The summed E-state index contributed by atoms with van der Waals surface area (Å²) in [5.41, 5.74) is 11.3. The zero-order valence-electron chi connectivity index (χ0n) is 19.3. The van der Waals surface area contributed by atoms with Crippen LogP contribution in [0.2, 0.25) is 0 Å². The number of H-pyrrole nitrogens is 1. The molecule has 0 radical (unpaired) electrons.